The maximum Gasteiger partial charge on any atom is 0.305 e. The molecule has 1 aromatic carbocycles. The molecule has 2 rings (SSSR count). The molecule has 0 bridgehead atoms. The van der Waals surface area contributed by atoms with Gasteiger partial charge in [0.05, 0.1) is 6.42 Å². The van der Waals surface area contributed by atoms with Crippen LogP contribution in [-0.2, 0) is 16.0 Å². The van der Waals surface area contributed by atoms with Crippen molar-refractivity contribution in [2.45, 2.75) is 38.6 Å². The van der Waals surface area contributed by atoms with Gasteiger partial charge in [0, 0.05) is 31.2 Å². The van der Waals surface area contributed by atoms with Gasteiger partial charge in [-0.05, 0) is 31.4 Å². The first-order valence-corrected chi connectivity index (χ1v) is 7.41. The van der Waals surface area contributed by atoms with Crippen LogP contribution >= 0.6 is 0 Å². The van der Waals surface area contributed by atoms with E-state index in [-0.39, 0.29) is 18.9 Å². The third-order valence-electron chi connectivity index (χ3n) is 3.91. The number of para-hydroxylation sites is 1. The maximum absolute atomic E-state index is 11.8. The van der Waals surface area contributed by atoms with Crippen molar-refractivity contribution in [2.75, 3.05) is 18.0 Å². The number of aliphatic carboxylic acids is 1. The molecule has 0 saturated carbocycles. The van der Waals surface area contributed by atoms with Crippen LogP contribution in [0, 0.1) is 0 Å². The summed E-state index contributed by atoms with van der Waals surface area (Å²) in [5.41, 5.74) is 2.55. The molecule has 1 aromatic rings. The first-order chi connectivity index (χ1) is 10.1. The van der Waals surface area contributed by atoms with E-state index in [2.05, 4.69) is 29.3 Å². The number of rotatable bonds is 6. The van der Waals surface area contributed by atoms with Crippen LogP contribution in [0.5, 0.6) is 0 Å². The van der Waals surface area contributed by atoms with E-state index < -0.39 is 5.97 Å². The first-order valence-electron chi connectivity index (χ1n) is 7.41. The Bertz CT molecular complexity index is 516. The summed E-state index contributed by atoms with van der Waals surface area (Å²) in [5, 5.41) is 11.2. The lowest BCUT2D eigenvalue weighted by Gasteiger charge is -2.37. The van der Waals surface area contributed by atoms with Crippen molar-refractivity contribution in [3.05, 3.63) is 29.8 Å². The van der Waals surface area contributed by atoms with Crippen molar-refractivity contribution in [1.29, 1.82) is 0 Å². The minimum absolute atomic E-state index is 0.0330. The molecule has 5 heteroatoms. The fourth-order valence-corrected chi connectivity index (χ4v) is 2.72. The quantitative estimate of drug-likeness (QED) is 0.838. The summed E-state index contributed by atoms with van der Waals surface area (Å²) in [4.78, 5) is 24.4. The smallest absolute Gasteiger partial charge is 0.305 e. The molecule has 1 aliphatic heterocycles. The number of nitrogens with one attached hydrogen (secondary N) is 1. The van der Waals surface area contributed by atoms with Crippen molar-refractivity contribution in [3.8, 4) is 0 Å². The minimum Gasteiger partial charge on any atom is -0.481 e. The largest absolute Gasteiger partial charge is 0.481 e. The standard InChI is InChI=1S/C16H22N2O3/c1-12-6-7-13-4-2-3-5-14(13)18(12)11-9-15(19)17-10-8-16(20)21/h2-5,12H,6-11H2,1H3,(H,17,19)(H,20,21)/t12-/m1/s1. The Kier molecular flexibility index (Phi) is 5.20. The number of fused-ring (bicyclic) bond motifs is 1. The molecule has 0 radical (unpaired) electrons. The number of hydrogen-bond donors (Lipinski definition) is 2. The average Bonchev–Trinajstić information content (AvgIpc) is 2.46. The maximum atomic E-state index is 11.8. The van der Waals surface area contributed by atoms with Gasteiger partial charge in [0.15, 0.2) is 0 Å². The van der Waals surface area contributed by atoms with Gasteiger partial charge in [-0.25, -0.2) is 0 Å². The molecule has 0 saturated heterocycles. The monoisotopic (exact) mass is 290 g/mol. The average molecular weight is 290 g/mol. The highest BCUT2D eigenvalue weighted by Crippen LogP contribution is 2.30. The van der Waals surface area contributed by atoms with Gasteiger partial charge in [0.25, 0.3) is 0 Å². The van der Waals surface area contributed by atoms with Gasteiger partial charge in [-0.3, -0.25) is 9.59 Å². The van der Waals surface area contributed by atoms with E-state index in [9.17, 15) is 9.59 Å². The van der Waals surface area contributed by atoms with Crippen LogP contribution in [0.1, 0.15) is 31.7 Å². The Morgan fingerprint density at radius 1 is 1.33 bits per heavy atom. The summed E-state index contributed by atoms with van der Waals surface area (Å²) in [6, 6.07) is 8.74. The Labute approximate surface area is 125 Å². The Morgan fingerprint density at radius 3 is 2.86 bits per heavy atom. The predicted molar refractivity (Wildman–Crippen MR) is 81.5 cm³/mol. The molecule has 0 unspecified atom stereocenters. The molecule has 21 heavy (non-hydrogen) atoms. The Hall–Kier alpha value is -2.04. The topological polar surface area (TPSA) is 69.6 Å². The molecule has 1 aliphatic rings. The van der Waals surface area contributed by atoms with Crippen molar-refractivity contribution in [1.82, 2.24) is 5.32 Å². The molecule has 5 nitrogen and oxygen atoms in total. The molecule has 1 atom stereocenters. The molecule has 0 fully saturated rings. The number of amides is 1. The third kappa shape index (κ3) is 4.21. The Balaban J connectivity index is 1.87. The summed E-state index contributed by atoms with van der Waals surface area (Å²) in [6.07, 6.45) is 2.53. The number of carbonyl (C=O) groups excluding carboxylic acids is 1. The molecule has 0 spiro atoms. The normalized spacial score (nSPS) is 17.2. The lowest BCUT2D eigenvalue weighted by atomic mass is 9.96. The van der Waals surface area contributed by atoms with E-state index in [1.165, 1.54) is 11.3 Å². The zero-order valence-electron chi connectivity index (χ0n) is 12.3. The molecule has 0 aliphatic carbocycles. The summed E-state index contributed by atoms with van der Waals surface area (Å²) in [6.45, 7) is 3.04. The van der Waals surface area contributed by atoms with Crippen molar-refractivity contribution in [2.24, 2.45) is 0 Å². The summed E-state index contributed by atoms with van der Waals surface area (Å²) >= 11 is 0. The number of carbonyl (C=O) groups is 2. The lowest BCUT2D eigenvalue weighted by molar-refractivity contribution is -0.136. The lowest BCUT2D eigenvalue weighted by Crippen LogP contribution is -2.40. The zero-order chi connectivity index (χ0) is 15.2. The van der Waals surface area contributed by atoms with Gasteiger partial charge in [-0.2, -0.15) is 0 Å². The van der Waals surface area contributed by atoms with Crippen LogP contribution in [0.25, 0.3) is 0 Å². The SMILES string of the molecule is C[C@@H]1CCc2ccccc2N1CCC(=O)NCCC(=O)O. The summed E-state index contributed by atoms with van der Waals surface area (Å²) in [5.74, 6) is -0.986. The first kappa shape index (κ1) is 15.4. The number of aryl methyl sites for hydroxylation is 1. The number of nitrogens with zero attached hydrogens (tertiary/aromatic N) is 1. The van der Waals surface area contributed by atoms with E-state index in [0.29, 0.717) is 19.0 Å². The van der Waals surface area contributed by atoms with E-state index in [4.69, 9.17) is 5.11 Å². The van der Waals surface area contributed by atoms with Gasteiger partial charge < -0.3 is 15.3 Å². The van der Waals surface area contributed by atoms with Crippen LogP contribution in [0.15, 0.2) is 24.3 Å². The number of benzene rings is 1. The van der Waals surface area contributed by atoms with E-state index in [1.54, 1.807) is 0 Å². The van der Waals surface area contributed by atoms with Gasteiger partial charge >= 0.3 is 5.97 Å². The second-order valence-electron chi connectivity index (χ2n) is 5.45. The Morgan fingerprint density at radius 2 is 2.10 bits per heavy atom. The molecule has 114 valence electrons. The number of carboxylic acid groups (broad SMARTS) is 1. The molecule has 0 aromatic heterocycles. The van der Waals surface area contributed by atoms with Crippen LogP contribution in [-0.4, -0.2) is 36.1 Å². The fraction of sp³-hybridized carbons (Fsp3) is 0.500. The van der Waals surface area contributed by atoms with Crippen molar-refractivity contribution >= 4 is 17.6 Å². The second kappa shape index (κ2) is 7.11. The highest BCUT2D eigenvalue weighted by molar-refractivity contribution is 5.77. The summed E-state index contributed by atoms with van der Waals surface area (Å²) < 4.78 is 0. The molecule has 2 N–H and O–H groups in total. The van der Waals surface area contributed by atoms with Crippen molar-refractivity contribution in [3.63, 3.8) is 0 Å². The zero-order valence-corrected chi connectivity index (χ0v) is 12.3. The molecular formula is C16H22N2O3. The van der Waals surface area contributed by atoms with Crippen LogP contribution in [0.4, 0.5) is 5.69 Å². The minimum atomic E-state index is -0.895. The highest BCUT2D eigenvalue weighted by atomic mass is 16.4. The van der Waals surface area contributed by atoms with E-state index in [1.807, 2.05) is 12.1 Å². The number of carboxylic acids is 1. The van der Waals surface area contributed by atoms with Crippen LogP contribution in [0.2, 0.25) is 0 Å². The van der Waals surface area contributed by atoms with Gasteiger partial charge in [0.2, 0.25) is 5.91 Å². The molecular weight excluding hydrogens is 268 g/mol. The number of hydrogen-bond acceptors (Lipinski definition) is 3. The van der Waals surface area contributed by atoms with Crippen molar-refractivity contribution < 1.29 is 14.7 Å². The predicted octanol–water partition coefficient (Wildman–Crippen LogP) is 1.81. The van der Waals surface area contributed by atoms with Gasteiger partial charge in [-0.1, -0.05) is 18.2 Å². The second-order valence-corrected chi connectivity index (χ2v) is 5.45. The van der Waals surface area contributed by atoms with Crippen LogP contribution < -0.4 is 10.2 Å². The van der Waals surface area contributed by atoms with Gasteiger partial charge in [-0.15, -0.1) is 0 Å². The molecule has 1 heterocycles. The summed E-state index contributed by atoms with van der Waals surface area (Å²) in [7, 11) is 0. The van der Waals surface area contributed by atoms with Crippen LogP contribution in [0.3, 0.4) is 0 Å². The third-order valence-corrected chi connectivity index (χ3v) is 3.91. The highest BCUT2D eigenvalue weighted by Gasteiger charge is 2.22. The fourth-order valence-electron chi connectivity index (χ4n) is 2.72. The van der Waals surface area contributed by atoms with E-state index in [0.717, 1.165) is 12.8 Å². The van der Waals surface area contributed by atoms with Gasteiger partial charge in [0.1, 0.15) is 0 Å². The number of anilines is 1. The molecule has 1 amide bonds. The van der Waals surface area contributed by atoms with E-state index >= 15 is 0 Å².